The van der Waals surface area contributed by atoms with E-state index in [0.29, 0.717) is 19.4 Å². The zero-order valence-electron chi connectivity index (χ0n) is 12.0. The number of anilines is 2. The molecule has 0 atom stereocenters. The van der Waals surface area contributed by atoms with Crippen LogP contribution in [0.1, 0.15) is 19.0 Å². The number of aryl methyl sites for hydroxylation is 1. The van der Waals surface area contributed by atoms with E-state index in [-0.39, 0.29) is 11.8 Å². The zero-order valence-corrected chi connectivity index (χ0v) is 12.8. The van der Waals surface area contributed by atoms with E-state index in [2.05, 4.69) is 9.72 Å². The van der Waals surface area contributed by atoms with Crippen LogP contribution in [0.2, 0.25) is 0 Å². The lowest BCUT2D eigenvalue weighted by atomic mass is 10.2. The fourth-order valence-electron chi connectivity index (χ4n) is 1.94. The minimum absolute atomic E-state index is 0.248. The molecule has 0 aliphatic heterocycles. The molecular formula is C15H17FN2O2S. The molecular weight excluding hydrogens is 291 g/mol. The average Bonchev–Trinajstić information content (AvgIpc) is 2.94. The van der Waals surface area contributed by atoms with E-state index in [1.165, 1.54) is 30.6 Å². The summed E-state index contributed by atoms with van der Waals surface area (Å²) in [6, 6.07) is 6.43. The van der Waals surface area contributed by atoms with E-state index in [9.17, 15) is 9.18 Å². The minimum Gasteiger partial charge on any atom is -0.469 e. The lowest BCUT2D eigenvalue weighted by Gasteiger charge is -2.19. The summed E-state index contributed by atoms with van der Waals surface area (Å²) in [6.07, 6.45) is 0.857. The number of methoxy groups -OCH3 is 1. The Morgan fingerprint density at radius 2 is 2.29 bits per heavy atom. The lowest BCUT2D eigenvalue weighted by Crippen LogP contribution is -2.16. The first-order chi connectivity index (χ1) is 10.1. The number of benzene rings is 1. The summed E-state index contributed by atoms with van der Waals surface area (Å²) < 4.78 is 18.0. The average molecular weight is 308 g/mol. The van der Waals surface area contributed by atoms with Crippen molar-refractivity contribution < 1.29 is 13.9 Å². The number of hydrogen-bond donors (Lipinski definition) is 0. The molecule has 0 fully saturated rings. The largest absolute Gasteiger partial charge is 0.469 e. The summed E-state index contributed by atoms with van der Waals surface area (Å²) in [5.41, 5.74) is 1.61. The number of carbonyl (C=O) groups excluding carboxylic acids is 1. The fourth-order valence-corrected chi connectivity index (χ4v) is 2.88. The number of aromatic nitrogens is 1. The summed E-state index contributed by atoms with van der Waals surface area (Å²) in [4.78, 5) is 17.6. The van der Waals surface area contributed by atoms with Gasteiger partial charge in [-0.2, -0.15) is 0 Å². The van der Waals surface area contributed by atoms with Crippen LogP contribution in [0.4, 0.5) is 15.2 Å². The van der Waals surface area contributed by atoms with E-state index in [0.717, 1.165) is 16.5 Å². The lowest BCUT2D eigenvalue weighted by molar-refractivity contribution is -0.140. The number of halogens is 1. The molecule has 0 aliphatic rings. The van der Waals surface area contributed by atoms with Gasteiger partial charge < -0.3 is 9.64 Å². The maximum absolute atomic E-state index is 13.3. The van der Waals surface area contributed by atoms with Crippen molar-refractivity contribution in [3.63, 3.8) is 0 Å². The second-order valence-corrected chi connectivity index (χ2v) is 5.26. The van der Waals surface area contributed by atoms with Gasteiger partial charge in [0.25, 0.3) is 0 Å². The first kappa shape index (κ1) is 15.4. The molecule has 0 bridgehead atoms. The highest BCUT2D eigenvalue weighted by atomic mass is 32.1. The molecule has 1 aromatic carbocycles. The first-order valence-electron chi connectivity index (χ1n) is 6.68. The highest BCUT2D eigenvalue weighted by Crippen LogP contribution is 2.29. The third-order valence-corrected chi connectivity index (χ3v) is 3.93. The van der Waals surface area contributed by atoms with Gasteiger partial charge >= 0.3 is 5.97 Å². The van der Waals surface area contributed by atoms with Crippen molar-refractivity contribution in [2.45, 2.75) is 19.8 Å². The normalized spacial score (nSPS) is 10.4. The van der Waals surface area contributed by atoms with Crippen LogP contribution in [0.3, 0.4) is 0 Å². The van der Waals surface area contributed by atoms with Gasteiger partial charge in [-0.15, -0.1) is 11.3 Å². The zero-order chi connectivity index (χ0) is 15.2. The van der Waals surface area contributed by atoms with Crippen molar-refractivity contribution >= 4 is 28.1 Å². The van der Waals surface area contributed by atoms with Gasteiger partial charge in [0, 0.05) is 24.0 Å². The molecule has 1 aromatic heterocycles. The van der Waals surface area contributed by atoms with E-state index in [4.69, 9.17) is 0 Å². The Morgan fingerprint density at radius 3 is 2.95 bits per heavy atom. The Bertz CT molecular complexity index is 615. The second kappa shape index (κ2) is 7.17. The van der Waals surface area contributed by atoms with Crippen molar-refractivity contribution in [3.8, 4) is 0 Å². The summed E-state index contributed by atoms with van der Waals surface area (Å²) in [5, 5.41) is 2.71. The molecule has 0 saturated carbocycles. The van der Waals surface area contributed by atoms with Crippen LogP contribution in [-0.4, -0.2) is 24.6 Å². The van der Waals surface area contributed by atoms with Gasteiger partial charge in [0.15, 0.2) is 5.13 Å². The molecule has 112 valence electrons. The second-order valence-electron chi connectivity index (χ2n) is 4.42. The van der Waals surface area contributed by atoms with Crippen molar-refractivity contribution in [1.82, 2.24) is 4.98 Å². The highest BCUT2D eigenvalue weighted by Gasteiger charge is 2.13. The highest BCUT2D eigenvalue weighted by molar-refractivity contribution is 7.13. The van der Waals surface area contributed by atoms with Crippen LogP contribution in [0.25, 0.3) is 0 Å². The maximum atomic E-state index is 13.3. The smallest absolute Gasteiger partial charge is 0.305 e. The van der Waals surface area contributed by atoms with Gasteiger partial charge in [0.2, 0.25) is 0 Å². The topological polar surface area (TPSA) is 42.4 Å². The predicted octanol–water partition coefficient (Wildman–Crippen LogP) is 3.55. The molecule has 0 N–H and O–H groups in total. The third-order valence-electron chi connectivity index (χ3n) is 3.02. The first-order valence-corrected chi connectivity index (χ1v) is 7.56. The van der Waals surface area contributed by atoms with Gasteiger partial charge in [-0.3, -0.25) is 4.79 Å². The molecule has 0 radical (unpaired) electrons. The summed E-state index contributed by atoms with van der Waals surface area (Å²) in [5.74, 6) is -0.518. The molecule has 2 aromatic rings. The minimum atomic E-state index is -0.270. The monoisotopic (exact) mass is 308 g/mol. The Balaban J connectivity index is 2.12. The van der Waals surface area contributed by atoms with Gasteiger partial charge in [0.05, 0.1) is 19.2 Å². The van der Waals surface area contributed by atoms with E-state index >= 15 is 0 Å². The van der Waals surface area contributed by atoms with E-state index in [1.807, 2.05) is 23.3 Å². The van der Waals surface area contributed by atoms with Crippen LogP contribution in [0, 0.1) is 5.82 Å². The number of esters is 1. The Hall–Kier alpha value is -1.95. The maximum Gasteiger partial charge on any atom is 0.305 e. The van der Waals surface area contributed by atoms with E-state index < -0.39 is 0 Å². The third kappa shape index (κ3) is 4.01. The molecule has 1 heterocycles. The Morgan fingerprint density at radius 1 is 1.48 bits per heavy atom. The predicted molar refractivity (Wildman–Crippen MR) is 81.5 cm³/mol. The summed E-state index contributed by atoms with van der Waals surface area (Å²) >= 11 is 1.48. The van der Waals surface area contributed by atoms with Crippen molar-refractivity contribution in [3.05, 3.63) is 41.2 Å². The molecule has 4 nitrogen and oxygen atoms in total. The van der Waals surface area contributed by atoms with Crippen LogP contribution < -0.4 is 4.90 Å². The molecule has 21 heavy (non-hydrogen) atoms. The standard InChI is InChI=1S/C15H17FN2O2S/c1-3-18(13-6-4-5-11(16)9-13)15-17-12(10-21-15)7-8-14(19)20-2/h4-6,9-10H,3,7-8H2,1-2H3. The molecule has 0 saturated heterocycles. The van der Waals surface area contributed by atoms with Crippen LogP contribution in [0.5, 0.6) is 0 Å². The molecule has 6 heteroatoms. The molecule has 0 amide bonds. The summed E-state index contributed by atoms with van der Waals surface area (Å²) in [6.45, 7) is 2.67. The molecule has 0 unspecified atom stereocenters. The van der Waals surface area contributed by atoms with E-state index in [1.54, 1.807) is 6.07 Å². The van der Waals surface area contributed by atoms with Gasteiger partial charge in [0.1, 0.15) is 5.82 Å². The number of carbonyl (C=O) groups is 1. The Kier molecular flexibility index (Phi) is 5.27. The quantitative estimate of drug-likeness (QED) is 0.765. The number of rotatable bonds is 6. The fraction of sp³-hybridized carbons (Fsp3) is 0.333. The molecule has 0 spiro atoms. The van der Waals surface area contributed by atoms with Crippen LogP contribution in [-0.2, 0) is 16.0 Å². The van der Waals surface area contributed by atoms with Gasteiger partial charge in [-0.1, -0.05) is 6.07 Å². The number of ether oxygens (including phenoxy) is 1. The van der Waals surface area contributed by atoms with Crippen molar-refractivity contribution in [2.75, 3.05) is 18.6 Å². The van der Waals surface area contributed by atoms with Gasteiger partial charge in [-0.25, -0.2) is 9.37 Å². The van der Waals surface area contributed by atoms with Crippen LogP contribution >= 0.6 is 11.3 Å². The van der Waals surface area contributed by atoms with Crippen LogP contribution in [0.15, 0.2) is 29.6 Å². The molecule has 0 aliphatic carbocycles. The van der Waals surface area contributed by atoms with Crippen molar-refractivity contribution in [2.24, 2.45) is 0 Å². The number of thiazole rings is 1. The Labute approximate surface area is 127 Å². The number of hydrogen-bond acceptors (Lipinski definition) is 5. The number of nitrogens with zero attached hydrogens (tertiary/aromatic N) is 2. The van der Waals surface area contributed by atoms with Crippen molar-refractivity contribution in [1.29, 1.82) is 0 Å². The SMILES string of the molecule is CCN(c1cccc(F)c1)c1nc(CCC(=O)OC)cs1. The summed E-state index contributed by atoms with van der Waals surface area (Å²) in [7, 11) is 1.37. The molecule has 2 rings (SSSR count). The van der Waals surface area contributed by atoms with Gasteiger partial charge in [-0.05, 0) is 25.1 Å².